The van der Waals surface area contributed by atoms with Gasteiger partial charge in [-0.3, -0.25) is 9.59 Å². The molecule has 0 radical (unpaired) electrons. The van der Waals surface area contributed by atoms with Gasteiger partial charge in [-0.1, -0.05) is 67.9 Å². The van der Waals surface area contributed by atoms with Gasteiger partial charge in [-0.2, -0.15) is 0 Å². The highest BCUT2D eigenvalue weighted by molar-refractivity contribution is 6.46. The third kappa shape index (κ3) is 6.02. The fraction of sp³-hybridized carbons (Fsp3) is 0.290. The number of nitrogens with zero attached hydrogens (tertiary/aromatic N) is 1. The van der Waals surface area contributed by atoms with Crippen LogP contribution in [0.4, 0.5) is 0 Å². The lowest BCUT2D eigenvalue weighted by Crippen LogP contribution is -2.31. The number of unbranched alkanes of at least 4 members (excludes halogenated alkanes) is 1. The number of likely N-dealkylation sites (tertiary alicyclic amines) is 1. The zero-order chi connectivity index (χ0) is 26.2. The molecule has 3 aromatic rings. The summed E-state index contributed by atoms with van der Waals surface area (Å²) in [5.41, 5.74) is 2.30. The third-order valence-corrected chi connectivity index (χ3v) is 6.41. The normalized spacial score (nSPS) is 16.7. The second-order valence-corrected chi connectivity index (χ2v) is 8.96. The molecule has 192 valence electrons. The van der Waals surface area contributed by atoms with Crippen LogP contribution in [0, 0.1) is 0 Å². The molecule has 1 N–H and O–H groups in total. The highest BCUT2D eigenvalue weighted by atomic mass is 16.5. The number of aliphatic hydroxyl groups excluding tert-OH is 1. The van der Waals surface area contributed by atoms with E-state index in [2.05, 4.69) is 6.92 Å². The number of hydrogen-bond donors (Lipinski definition) is 1. The molecule has 1 heterocycles. The molecule has 1 unspecified atom stereocenters. The standard InChI is InChI=1S/C31H33NO5/c1-3-5-20-37-25-16-14-23(15-17-25)28-27(29(33)24-12-9-13-26(21-24)36-4-2)30(34)31(35)32(28)19-18-22-10-7-6-8-11-22/h6-17,21,28,33H,3-5,18-20H2,1-2H3/b29-27+. The van der Waals surface area contributed by atoms with Gasteiger partial charge in [-0.05, 0) is 55.2 Å². The number of ether oxygens (including phenoxy) is 2. The van der Waals surface area contributed by atoms with Crippen molar-refractivity contribution < 1.29 is 24.2 Å². The molecule has 1 amide bonds. The molecule has 0 aliphatic carbocycles. The number of aliphatic hydroxyl groups is 1. The molecule has 0 bridgehead atoms. The number of hydrogen-bond acceptors (Lipinski definition) is 5. The zero-order valence-electron chi connectivity index (χ0n) is 21.4. The highest BCUT2D eigenvalue weighted by Gasteiger charge is 2.45. The molecule has 1 atom stereocenters. The lowest BCUT2D eigenvalue weighted by atomic mass is 9.95. The van der Waals surface area contributed by atoms with Crippen LogP contribution in [-0.2, 0) is 16.0 Å². The Morgan fingerprint density at radius 1 is 0.892 bits per heavy atom. The van der Waals surface area contributed by atoms with Crippen LogP contribution in [0.2, 0.25) is 0 Å². The summed E-state index contributed by atoms with van der Waals surface area (Å²) < 4.78 is 11.4. The van der Waals surface area contributed by atoms with Gasteiger partial charge in [0.2, 0.25) is 0 Å². The van der Waals surface area contributed by atoms with Gasteiger partial charge in [0.25, 0.3) is 11.7 Å². The quantitative estimate of drug-likeness (QED) is 0.153. The van der Waals surface area contributed by atoms with E-state index in [-0.39, 0.29) is 11.3 Å². The van der Waals surface area contributed by atoms with Crippen LogP contribution >= 0.6 is 0 Å². The van der Waals surface area contributed by atoms with Gasteiger partial charge in [0.05, 0.1) is 24.8 Å². The number of ketones is 1. The summed E-state index contributed by atoms with van der Waals surface area (Å²) in [5, 5.41) is 11.3. The van der Waals surface area contributed by atoms with Crippen LogP contribution in [0.3, 0.4) is 0 Å². The van der Waals surface area contributed by atoms with Gasteiger partial charge in [0.1, 0.15) is 17.3 Å². The molecule has 1 saturated heterocycles. The van der Waals surface area contributed by atoms with Crippen molar-refractivity contribution in [2.75, 3.05) is 19.8 Å². The highest BCUT2D eigenvalue weighted by Crippen LogP contribution is 2.40. The lowest BCUT2D eigenvalue weighted by Gasteiger charge is -2.25. The van der Waals surface area contributed by atoms with Gasteiger partial charge in [-0.25, -0.2) is 0 Å². The van der Waals surface area contributed by atoms with Crippen molar-refractivity contribution in [3.05, 3.63) is 101 Å². The Labute approximate surface area is 218 Å². The summed E-state index contributed by atoms with van der Waals surface area (Å²) in [7, 11) is 0. The van der Waals surface area contributed by atoms with Gasteiger partial charge >= 0.3 is 0 Å². The lowest BCUT2D eigenvalue weighted by molar-refractivity contribution is -0.139. The Kier molecular flexibility index (Phi) is 8.62. The second kappa shape index (κ2) is 12.3. The van der Waals surface area contributed by atoms with E-state index in [9.17, 15) is 14.7 Å². The second-order valence-electron chi connectivity index (χ2n) is 8.96. The Hall–Kier alpha value is -4.06. The summed E-state index contributed by atoms with van der Waals surface area (Å²) in [6.45, 7) is 5.42. The number of carbonyl (C=O) groups is 2. The molecule has 0 saturated carbocycles. The maximum atomic E-state index is 13.3. The molecule has 6 heteroatoms. The zero-order valence-corrected chi connectivity index (χ0v) is 21.4. The smallest absolute Gasteiger partial charge is 0.295 e. The molecular formula is C31H33NO5. The molecule has 1 fully saturated rings. The average Bonchev–Trinajstić information content (AvgIpc) is 3.18. The van der Waals surface area contributed by atoms with E-state index in [1.165, 1.54) is 0 Å². The first kappa shape index (κ1) is 26.0. The summed E-state index contributed by atoms with van der Waals surface area (Å²) in [6.07, 6.45) is 2.59. The minimum absolute atomic E-state index is 0.0753. The number of rotatable bonds is 11. The van der Waals surface area contributed by atoms with E-state index in [1.54, 1.807) is 29.2 Å². The van der Waals surface area contributed by atoms with Gasteiger partial charge < -0.3 is 19.5 Å². The van der Waals surface area contributed by atoms with Crippen molar-refractivity contribution in [1.29, 1.82) is 0 Å². The summed E-state index contributed by atoms with van der Waals surface area (Å²) >= 11 is 0. The van der Waals surface area contributed by atoms with Crippen molar-refractivity contribution in [3.63, 3.8) is 0 Å². The van der Waals surface area contributed by atoms with Crippen LogP contribution < -0.4 is 9.47 Å². The van der Waals surface area contributed by atoms with E-state index in [1.807, 2.05) is 61.5 Å². The largest absolute Gasteiger partial charge is 0.507 e. The van der Waals surface area contributed by atoms with Crippen molar-refractivity contribution in [2.24, 2.45) is 0 Å². The van der Waals surface area contributed by atoms with Crippen LogP contribution in [0.1, 0.15) is 49.4 Å². The number of Topliss-reactive ketones (excluding diaryl/α,β-unsaturated/α-hetero) is 1. The molecule has 1 aliphatic rings. The van der Waals surface area contributed by atoms with Crippen molar-refractivity contribution in [3.8, 4) is 11.5 Å². The van der Waals surface area contributed by atoms with E-state index in [0.29, 0.717) is 37.5 Å². The van der Waals surface area contributed by atoms with Crippen LogP contribution in [0.15, 0.2) is 84.4 Å². The molecule has 4 rings (SSSR count). The number of benzene rings is 3. The topological polar surface area (TPSA) is 76.1 Å². The van der Waals surface area contributed by atoms with E-state index in [4.69, 9.17) is 9.47 Å². The molecular weight excluding hydrogens is 466 g/mol. The SMILES string of the molecule is CCCCOc1ccc(C2/C(=C(\O)c3cccc(OCC)c3)C(=O)C(=O)N2CCc2ccccc2)cc1. The first-order chi connectivity index (χ1) is 18.0. The van der Waals surface area contributed by atoms with Crippen molar-refractivity contribution >= 4 is 17.4 Å². The molecule has 3 aromatic carbocycles. The molecule has 6 nitrogen and oxygen atoms in total. The summed E-state index contributed by atoms with van der Waals surface area (Å²) in [4.78, 5) is 28.1. The van der Waals surface area contributed by atoms with Crippen LogP contribution in [-0.4, -0.2) is 41.5 Å². The monoisotopic (exact) mass is 499 g/mol. The molecule has 0 spiro atoms. The minimum Gasteiger partial charge on any atom is -0.507 e. The Morgan fingerprint density at radius 2 is 1.65 bits per heavy atom. The molecule has 37 heavy (non-hydrogen) atoms. The Morgan fingerprint density at radius 3 is 2.35 bits per heavy atom. The number of amides is 1. The maximum Gasteiger partial charge on any atom is 0.295 e. The Bertz CT molecular complexity index is 1250. The van der Waals surface area contributed by atoms with E-state index >= 15 is 0 Å². The number of carbonyl (C=O) groups excluding carboxylic acids is 2. The van der Waals surface area contributed by atoms with E-state index < -0.39 is 17.7 Å². The predicted octanol–water partition coefficient (Wildman–Crippen LogP) is 5.93. The average molecular weight is 500 g/mol. The minimum atomic E-state index is -0.718. The van der Waals surface area contributed by atoms with Gasteiger partial charge in [0, 0.05) is 12.1 Å². The summed E-state index contributed by atoms with van der Waals surface area (Å²) in [6, 6.07) is 23.4. The first-order valence-corrected chi connectivity index (χ1v) is 12.8. The molecule has 0 aromatic heterocycles. The van der Waals surface area contributed by atoms with Crippen molar-refractivity contribution in [2.45, 2.75) is 39.2 Å². The predicted molar refractivity (Wildman–Crippen MR) is 144 cm³/mol. The maximum absolute atomic E-state index is 13.3. The van der Waals surface area contributed by atoms with Crippen molar-refractivity contribution in [1.82, 2.24) is 4.90 Å². The van der Waals surface area contributed by atoms with Gasteiger partial charge in [-0.15, -0.1) is 0 Å². The summed E-state index contributed by atoms with van der Waals surface area (Å²) in [5.74, 6) is -0.222. The fourth-order valence-electron chi connectivity index (χ4n) is 4.49. The Balaban J connectivity index is 1.72. The van der Waals surface area contributed by atoms with Crippen LogP contribution in [0.25, 0.3) is 5.76 Å². The first-order valence-electron chi connectivity index (χ1n) is 12.8. The van der Waals surface area contributed by atoms with Gasteiger partial charge in [0.15, 0.2) is 0 Å². The third-order valence-electron chi connectivity index (χ3n) is 6.41. The fourth-order valence-corrected chi connectivity index (χ4v) is 4.49. The molecule has 1 aliphatic heterocycles. The van der Waals surface area contributed by atoms with Crippen LogP contribution in [0.5, 0.6) is 11.5 Å². The van der Waals surface area contributed by atoms with E-state index in [0.717, 1.165) is 29.7 Å².